The van der Waals surface area contributed by atoms with Gasteiger partial charge in [0.15, 0.2) is 11.0 Å². The van der Waals surface area contributed by atoms with Gasteiger partial charge < -0.3 is 14.3 Å². The number of phenols is 1. The fourth-order valence-electron chi connectivity index (χ4n) is 3.37. The quantitative estimate of drug-likeness (QED) is 0.407. The zero-order valence-electron chi connectivity index (χ0n) is 16.5. The van der Waals surface area contributed by atoms with E-state index in [-0.39, 0.29) is 21.8 Å². The molecule has 1 N–H and O–H groups in total. The monoisotopic (exact) mass is 408 g/mol. The third kappa shape index (κ3) is 3.74. The van der Waals surface area contributed by atoms with Gasteiger partial charge in [-0.25, -0.2) is 0 Å². The fraction of sp³-hybridized carbons (Fsp3) is 0.208. The smallest absolute Gasteiger partial charge is 0.182 e. The number of hydrogen-bond donors (Lipinski definition) is 1. The molecule has 0 saturated carbocycles. The predicted octanol–water partition coefficient (Wildman–Crippen LogP) is 6.24. The summed E-state index contributed by atoms with van der Waals surface area (Å²) >= 11 is 6.34. The Kier molecular flexibility index (Phi) is 4.85. The first-order valence-corrected chi connectivity index (χ1v) is 9.73. The molecule has 4 rings (SSSR count). The molecule has 0 bridgehead atoms. The van der Waals surface area contributed by atoms with Crippen molar-refractivity contribution >= 4 is 22.6 Å². The van der Waals surface area contributed by atoms with Crippen LogP contribution in [0.4, 0.5) is 0 Å². The minimum atomic E-state index is -0.282. The van der Waals surface area contributed by atoms with Gasteiger partial charge in [-0.3, -0.25) is 4.79 Å². The lowest BCUT2D eigenvalue weighted by molar-refractivity contribution is -0.0147. The summed E-state index contributed by atoms with van der Waals surface area (Å²) in [5.74, 6) is 0.342. The Bertz CT molecular complexity index is 1230. The van der Waals surface area contributed by atoms with E-state index in [1.165, 1.54) is 12.1 Å². The maximum Gasteiger partial charge on any atom is 0.182 e. The van der Waals surface area contributed by atoms with Gasteiger partial charge >= 0.3 is 0 Å². The van der Waals surface area contributed by atoms with Gasteiger partial charge in [-0.2, -0.15) is 0 Å². The Morgan fingerprint density at radius 3 is 2.55 bits per heavy atom. The number of rotatable bonds is 3. The number of fused-ring (bicyclic) bond motifs is 2. The molecule has 2 aromatic rings. The average Bonchev–Trinajstić information content (AvgIpc) is 2.67. The van der Waals surface area contributed by atoms with Gasteiger partial charge in [-0.05, 0) is 56.2 Å². The molecule has 1 aliphatic carbocycles. The number of aromatic hydroxyl groups is 1. The van der Waals surface area contributed by atoms with Gasteiger partial charge in [0.05, 0.1) is 12.2 Å². The number of phenolic OH excluding ortho intramolecular Hbond substituents is 1. The second-order valence-electron chi connectivity index (χ2n) is 7.97. The van der Waals surface area contributed by atoms with Gasteiger partial charge in [0.2, 0.25) is 0 Å². The minimum absolute atomic E-state index is 0.0733. The first-order chi connectivity index (χ1) is 13.7. The molecule has 0 spiro atoms. The van der Waals surface area contributed by atoms with Gasteiger partial charge in [0.1, 0.15) is 16.5 Å². The van der Waals surface area contributed by atoms with Crippen LogP contribution in [0.2, 0.25) is 5.02 Å². The highest BCUT2D eigenvalue weighted by Crippen LogP contribution is 2.44. The molecule has 1 heterocycles. The lowest BCUT2D eigenvalue weighted by Crippen LogP contribution is -2.18. The Balaban J connectivity index is 2.06. The van der Waals surface area contributed by atoms with Gasteiger partial charge in [-0.1, -0.05) is 35.9 Å². The van der Waals surface area contributed by atoms with Gasteiger partial charge in [0.25, 0.3) is 0 Å². The molecule has 0 radical (unpaired) electrons. The van der Waals surface area contributed by atoms with Crippen LogP contribution in [0.25, 0.3) is 33.4 Å². The first kappa shape index (κ1) is 19.5. The van der Waals surface area contributed by atoms with Crippen LogP contribution in [0, 0.1) is 0 Å². The van der Waals surface area contributed by atoms with Crippen molar-refractivity contribution in [3.8, 4) is 28.2 Å². The molecule has 0 fully saturated rings. The van der Waals surface area contributed by atoms with Crippen LogP contribution < -0.4 is 5.43 Å². The topological polar surface area (TPSA) is 59.7 Å². The fourth-order valence-corrected chi connectivity index (χ4v) is 3.57. The van der Waals surface area contributed by atoms with E-state index in [0.29, 0.717) is 18.0 Å². The zero-order valence-corrected chi connectivity index (χ0v) is 17.2. The van der Waals surface area contributed by atoms with Gasteiger partial charge in [-0.15, -0.1) is 0 Å². The zero-order chi connectivity index (χ0) is 20.8. The maximum atomic E-state index is 11.9. The standard InChI is InChI=1S/C24H21ClO4/c1-24(2,3)28-13-14-6-4-5-7-16(14)21-17-9-8-15(26)12-20(17)29-23-18(21)10-11-19(27)22(23)25/h4-12,27H,13H2,1-3H3. The Hall–Kier alpha value is -2.82. The molecule has 0 atom stereocenters. The predicted molar refractivity (Wildman–Crippen MR) is 116 cm³/mol. The second kappa shape index (κ2) is 7.21. The highest BCUT2D eigenvalue weighted by atomic mass is 35.5. The molecular weight excluding hydrogens is 388 g/mol. The van der Waals surface area contributed by atoms with E-state index in [0.717, 1.165) is 27.6 Å². The summed E-state index contributed by atoms with van der Waals surface area (Å²) in [7, 11) is 0. The molecule has 0 saturated heterocycles. The van der Waals surface area contributed by atoms with Crippen LogP contribution in [0.5, 0.6) is 5.75 Å². The molecule has 1 aliphatic heterocycles. The van der Waals surface area contributed by atoms with Crippen molar-refractivity contribution < 1.29 is 14.3 Å². The molecule has 5 heteroatoms. The number of ether oxygens (including phenoxy) is 1. The second-order valence-corrected chi connectivity index (χ2v) is 8.35. The van der Waals surface area contributed by atoms with Crippen molar-refractivity contribution in [1.82, 2.24) is 0 Å². The third-order valence-corrected chi connectivity index (χ3v) is 5.09. The molecular formula is C24H21ClO4. The highest BCUT2D eigenvalue weighted by molar-refractivity contribution is 6.36. The molecule has 0 amide bonds. The SMILES string of the molecule is CC(C)(C)OCc1ccccc1-c1c2ccc(=O)cc-2oc2c(Cl)c(O)ccc12. The Morgan fingerprint density at radius 2 is 1.79 bits per heavy atom. The number of hydrogen-bond acceptors (Lipinski definition) is 4. The lowest BCUT2D eigenvalue weighted by atomic mass is 9.91. The van der Waals surface area contributed by atoms with E-state index >= 15 is 0 Å². The number of halogens is 1. The van der Waals surface area contributed by atoms with E-state index in [2.05, 4.69) is 0 Å². The summed E-state index contributed by atoms with van der Waals surface area (Å²) in [6.07, 6.45) is 0. The molecule has 0 aromatic heterocycles. The van der Waals surface area contributed by atoms with Crippen molar-refractivity contribution in [2.24, 2.45) is 0 Å². The Morgan fingerprint density at radius 1 is 1.03 bits per heavy atom. The van der Waals surface area contributed by atoms with Crippen LogP contribution >= 0.6 is 11.6 Å². The summed E-state index contributed by atoms with van der Waals surface area (Å²) in [5.41, 5.74) is 3.54. The lowest BCUT2D eigenvalue weighted by Gasteiger charge is -2.22. The van der Waals surface area contributed by atoms with Crippen LogP contribution in [0.3, 0.4) is 0 Å². The van der Waals surface area contributed by atoms with Crippen LogP contribution in [0.1, 0.15) is 26.3 Å². The maximum absolute atomic E-state index is 11.9. The molecule has 148 valence electrons. The molecule has 2 aliphatic rings. The minimum Gasteiger partial charge on any atom is -0.506 e. The van der Waals surface area contributed by atoms with Crippen molar-refractivity contribution in [1.29, 1.82) is 0 Å². The highest BCUT2D eigenvalue weighted by Gasteiger charge is 2.22. The van der Waals surface area contributed by atoms with Crippen molar-refractivity contribution in [3.63, 3.8) is 0 Å². The van der Waals surface area contributed by atoms with E-state index in [1.54, 1.807) is 18.2 Å². The van der Waals surface area contributed by atoms with E-state index < -0.39 is 0 Å². The van der Waals surface area contributed by atoms with Crippen molar-refractivity contribution in [2.45, 2.75) is 33.0 Å². The van der Waals surface area contributed by atoms with Crippen LogP contribution in [0.15, 0.2) is 63.8 Å². The summed E-state index contributed by atoms with van der Waals surface area (Å²) in [6.45, 7) is 6.47. The summed E-state index contributed by atoms with van der Waals surface area (Å²) in [5, 5.41) is 10.9. The average molecular weight is 409 g/mol. The molecule has 0 unspecified atom stereocenters. The van der Waals surface area contributed by atoms with E-state index in [9.17, 15) is 9.90 Å². The van der Waals surface area contributed by atoms with Crippen LogP contribution in [-0.4, -0.2) is 10.7 Å². The first-order valence-electron chi connectivity index (χ1n) is 9.35. The van der Waals surface area contributed by atoms with E-state index in [4.69, 9.17) is 20.8 Å². The van der Waals surface area contributed by atoms with Crippen molar-refractivity contribution in [2.75, 3.05) is 0 Å². The summed E-state index contributed by atoms with van der Waals surface area (Å²) in [4.78, 5) is 11.9. The normalized spacial score (nSPS) is 12.0. The van der Waals surface area contributed by atoms with E-state index in [1.807, 2.05) is 45.0 Å². The summed E-state index contributed by atoms with van der Waals surface area (Å²) in [6, 6.07) is 16.0. The van der Waals surface area contributed by atoms with Crippen LogP contribution in [-0.2, 0) is 11.3 Å². The van der Waals surface area contributed by atoms with Crippen molar-refractivity contribution in [3.05, 3.63) is 75.4 Å². The van der Waals surface area contributed by atoms with Gasteiger partial charge in [0, 0.05) is 22.6 Å². The molecule has 4 nitrogen and oxygen atoms in total. The summed E-state index contributed by atoms with van der Waals surface area (Å²) < 4.78 is 12.0. The third-order valence-electron chi connectivity index (χ3n) is 4.73. The number of benzene rings is 3. The molecule has 29 heavy (non-hydrogen) atoms. The largest absolute Gasteiger partial charge is 0.506 e. The molecule has 2 aromatic carbocycles. The Labute approximate surface area is 173 Å².